The number of fused-ring (bicyclic) bond motifs is 1. The summed E-state index contributed by atoms with van der Waals surface area (Å²) in [7, 11) is 1.74. The largest absolute Gasteiger partial charge is 0.478 e. The molecule has 3 N–H and O–H groups in total. The van der Waals surface area contributed by atoms with Gasteiger partial charge in [-0.3, -0.25) is 4.68 Å². The van der Waals surface area contributed by atoms with Crippen LogP contribution in [0, 0.1) is 5.92 Å². The first kappa shape index (κ1) is 15.2. The van der Waals surface area contributed by atoms with E-state index in [0.29, 0.717) is 29.1 Å². The van der Waals surface area contributed by atoms with Crippen LogP contribution in [-0.2, 0) is 7.05 Å². The molecule has 7 nitrogen and oxygen atoms in total. The van der Waals surface area contributed by atoms with Crippen molar-refractivity contribution in [1.29, 1.82) is 0 Å². The first-order valence-electron chi connectivity index (χ1n) is 6.86. The summed E-state index contributed by atoms with van der Waals surface area (Å²) >= 11 is 0. The number of aliphatic hydroxyl groups is 1. The lowest BCUT2D eigenvalue weighted by Gasteiger charge is -2.16. The molecule has 7 heteroatoms. The van der Waals surface area contributed by atoms with Crippen molar-refractivity contribution in [1.82, 2.24) is 14.8 Å². The molecule has 0 saturated heterocycles. The van der Waals surface area contributed by atoms with Gasteiger partial charge in [-0.05, 0) is 12.3 Å². The number of aryl methyl sites for hydroxylation is 1. The van der Waals surface area contributed by atoms with Gasteiger partial charge in [0.15, 0.2) is 5.65 Å². The number of anilines is 1. The van der Waals surface area contributed by atoms with Crippen LogP contribution in [0.1, 0.15) is 30.6 Å². The van der Waals surface area contributed by atoms with Crippen molar-refractivity contribution in [3.8, 4) is 0 Å². The molecule has 2 aromatic heterocycles. The van der Waals surface area contributed by atoms with Crippen LogP contribution in [0.4, 0.5) is 5.69 Å². The Kier molecular flexibility index (Phi) is 4.42. The molecule has 0 aliphatic carbocycles. The summed E-state index contributed by atoms with van der Waals surface area (Å²) in [5, 5.41) is 27.0. The van der Waals surface area contributed by atoms with Gasteiger partial charge < -0.3 is 15.5 Å². The summed E-state index contributed by atoms with van der Waals surface area (Å²) in [6, 6.07) is 0. The molecule has 0 aromatic carbocycles. The molecule has 2 rings (SSSR count). The monoisotopic (exact) mass is 292 g/mol. The van der Waals surface area contributed by atoms with Crippen LogP contribution in [0.2, 0.25) is 0 Å². The van der Waals surface area contributed by atoms with E-state index in [0.717, 1.165) is 0 Å². The Hall–Kier alpha value is -2.15. The van der Waals surface area contributed by atoms with E-state index in [1.165, 1.54) is 6.20 Å². The molecule has 0 bridgehead atoms. The van der Waals surface area contributed by atoms with Crippen molar-refractivity contribution in [3.05, 3.63) is 18.0 Å². The maximum Gasteiger partial charge on any atom is 0.339 e. The average molecular weight is 292 g/mol. The highest BCUT2D eigenvalue weighted by atomic mass is 16.4. The lowest BCUT2D eigenvalue weighted by molar-refractivity contribution is 0.0697. The number of carbonyl (C=O) groups is 1. The SMILES string of the molecule is CC(C)CC(O)CNc1c(C(=O)O)cnc2c1cnn2C. The minimum Gasteiger partial charge on any atom is -0.478 e. The Morgan fingerprint density at radius 3 is 2.76 bits per heavy atom. The highest BCUT2D eigenvalue weighted by Gasteiger charge is 2.17. The van der Waals surface area contributed by atoms with Gasteiger partial charge in [-0.2, -0.15) is 5.10 Å². The molecule has 0 saturated carbocycles. The molecule has 1 unspecified atom stereocenters. The first-order valence-corrected chi connectivity index (χ1v) is 6.86. The van der Waals surface area contributed by atoms with E-state index < -0.39 is 12.1 Å². The summed E-state index contributed by atoms with van der Waals surface area (Å²) in [5.74, 6) is -0.689. The smallest absolute Gasteiger partial charge is 0.339 e. The lowest BCUT2D eigenvalue weighted by Crippen LogP contribution is -2.22. The number of pyridine rings is 1. The van der Waals surface area contributed by atoms with Crippen LogP contribution in [0.25, 0.3) is 11.0 Å². The predicted octanol–water partition coefficient (Wildman–Crippen LogP) is 1.49. The van der Waals surface area contributed by atoms with Gasteiger partial charge in [0.25, 0.3) is 0 Å². The first-order chi connectivity index (χ1) is 9.90. The van der Waals surface area contributed by atoms with Gasteiger partial charge >= 0.3 is 5.97 Å². The van der Waals surface area contributed by atoms with Gasteiger partial charge in [0.05, 0.1) is 23.4 Å². The van der Waals surface area contributed by atoms with Gasteiger partial charge in [-0.1, -0.05) is 13.8 Å². The van der Waals surface area contributed by atoms with Crippen molar-refractivity contribution in [2.45, 2.75) is 26.4 Å². The van der Waals surface area contributed by atoms with Crippen molar-refractivity contribution in [2.24, 2.45) is 13.0 Å². The number of nitrogens with one attached hydrogen (secondary N) is 1. The molecule has 0 aliphatic rings. The third-order valence-corrected chi connectivity index (χ3v) is 3.25. The van der Waals surface area contributed by atoms with E-state index in [2.05, 4.69) is 15.4 Å². The Balaban J connectivity index is 2.31. The molecule has 2 aromatic rings. The van der Waals surface area contributed by atoms with Gasteiger partial charge in [0.1, 0.15) is 5.56 Å². The topological polar surface area (TPSA) is 100 Å². The molecular weight excluding hydrogens is 272 g/mol. The molecule has 21 heavy (non-hydrogen) atoms. The molecular formula is C14H20N4O3. The number of hydrogen-bond donors (Lipinski definition) is 3. The van der Waals surface area contributed by atoms with Crippen molar-refractivity contribution in [2.75, 3.05) is 11.9 Å². The number of aliphatic hydroxyl groups excluding tert-OH is 1. The fraction of sp³-hybridized carbons (Fsp3) is 0.500. The third-order valence-electron chi connectivity index (χ3n) is 3.25. The standard InChI is InChI=1S/C14H20N4O3/c1-8(2)4-9(19)5-15-12-10-7-17-18(3)13(10)16-6-11(12)14(20)21/h6-9,19H,4-5H2,1-3H3,(H,15,16)(H,20,21). The quantitative estimate of drug-likeness (QED) is 0.745. The minimum atomic E-state index is -1.06. The van der Waals surface area contributed by atoms with Crippen LogP contribution >= 0.6 is 0 Å². The highest BCUT2D eigenvalue weighted by Crippen LogP contribution is 2.25. The average Bonchev–Trinajstić information content (AvgIpc) is 2.77. The number of nitrogens with zero attached hydrogens (tertiary/aromatic N) is 3. The zero-order valence-electron chi connectivity index (χ0n) is 12.4. The van der Waals surface area contributed by atoms with Crippen LogP contribution in [0.5, 0.6) is 0 Å². The van der Waals surface area contributed by atoms with Crippen LogP contribution in [-0.4, -0.2) is 43.6 Å². The summed E-state index contributed by atoms with van der Waals surface area (Å²) in [4.78, 5) is 15.4. The van der Waals surface area contributed by atoms with E-state index in [1.807, 2.05) is 13.8 Å². The number of rotatable bonds is 6. The normalized spacial score (nSPS) is 12.8. The summed E-state index contributed by atoms with van der Waals surface area (Å²) < 4.78 is 1.58. The highest BCUT2D eigenvalue weighted by molar-refractivity contribution is 6.03. The summed E-state index contributed by atoms with van der Waals surface area (Å²) in [5.41, 5.74) is 1.12. The predicted molar refractivity (Wildman–Crippen MR) is 79.4 cm³/mol. The summed E-state index contributed by atoms with van der Waals surface area (Å²) in [6.07, 6.45) is 3.00. The van der Waals surface area contributed by atoms with E-state index in [4.69, 9.17) is 0 Å². The lowest BCUT2D eigenvalue weighted by atomic mass is 10.1. The van der Waals surface area contributed by atoms with Gasteiger partial charge in [0.2, 0.25) is 0 Å². The zero-order valence-corrected chi connectivity index (χ0v) is 12.4. The Bertz CT molecular complexity index is 651. The molecule has 0 fully saturated rings. The van der Waals surface area contributed by atoms with E-state index >= 15 is 0 Å². The zero-order chi connectivity index (χ0) is 15.6. The molecule has 114 valence electrons. The maximum atomic E-state index is 11.3. The molecule has 0 amide bonds. The van der Waals surface area contributed by atoms with Crippen molar-refractivity contribution < 1.29 is 15.0 Å². The molecule has 0 spiro atoms. The van der Waals surface area contributed by atoms with E-state index in [1.54, 1.807) is 17.9 Å². The van der Waals surface area contributed by atoms with E-state index in [9.17, 15) is 15.0 Å². The van der Waals surface area contributed by atoms with Crippen molar-refractivity contribution in [3.63, 3.8) is 0 Å². The molecule has 2 heterocycles. The fourth-order valence-corrected chi connectivity index (χ4v) is 2.30. The van der Waals surface area contributed by atoms with Gasteiger partial charge in [-0.15, -0.1) is 0 Å². The number of hydrogen-bond acceptors (Lipinski definition) is 5. The number of aromatic nitrogens is 3. The van der Waals surface area contributed by atoms with Crippen LogP contribution in [0.15, 0.2) is 12.4 Å². The second-order valence-corrected chi connectivity index (χ2v) is 5.52. The fourth-order valence-electron chi connectivity index (χ4n) is 2.30. The van der Waals surface area contributed by atoms with Crippen LogP contribution in [0.3, 0.4) is 0 Å². The molecule has 0 radical (unpaired) electrons. The Morgan fingerprint density at radius 2 is 2.14 bits per heavy atom. The van der Waals surface area contributed by atoms with Crippen LogP contribution < -0.4 is 5.32 Å². The third kappa shape index (κ3) is 3.30. The second-order valence-electron chi connectivity index (χ2n) is 5.52. The summed E-state index contributed by atoms with van der Waals surface area (Å²) in [6.45, 7) is 4.34. The van der Waals surface area contributed by atoms with Crippen molar-refractivity contribution >= 4 is 22.7 Å². The van der Waals surface area contributed by atoms with Gasteiger partial charge in [-0.25, -0.2) is 9.78 Å². The Morgan fingerprint density at radius 1 is 1.43 bits per heavy atom. The number of carboxylic acid groups (broad SMARTS) is 1. The van der Waals surface area contributed by atoms with E-state index in [-0.39, 0.29) is 12.1 Å². The maximum absolute atomic E-state index is 11.3. The number of aromatic carboxylic acids is 1. The molecule has 0 aliphatic heterocycles. The van der Waals surface area contributed by atoms with Gasteiger partial charge in [0, 0.05) is 19.8 Å². The second kappa shape index (κ2) is 6.09. The number of carboxylic acids is 1. The minimum absolute atomic E-state index is 0.0762. The Labute approximate surface area is 122 Å². The molecule has 1 atom stereocenters.